The molecule has 0 aliphatic carbocycles. The summed E-state index contributed by atoms with van der Waals surface area (Å²) in [6.07, 6.45) is 11.4. The molecule has 9 heteroatoms. The Morgan fingerprint density at radius 2 is 1.67 bits per heavy atom. The molecule has 0 N–H and O–H groups in total. The van der Waals surface area contributed by atoms with Gasteiger partial charge in [-0.1, -0.05) is 0 Å². The van der Waals surface area contributed by atoms with Crippen LogP contribution in [0.1, 0.15) is 12.8 Å². The van der Waals surface area contributed by atoms with Crippen LogP contribution < -0.4 is 9.80 Å². The van der Waals surface area contributed by atoms with Crippen LogP contribution in [-0.2, 0) is 11.3 Å². The van der Waals surface area contributed by atoms with E-state index in [2.05, 4.69) is 24.8 Å². The molecule has 8 nitrogen and oxygen atoms in total. The van der Waals surface area contributed by atoms with Crippen molar-refractivity contribution >= 4 is 28.4 Å². The summed E-state index contributed by atoms with van der Waals surface area (Å²) >= 11 is 0. The van der Waals surface area contributed by atoms with E-state index in [9.17, 15) is 9.18 Å². The number of carbonyl (C=O) groups is 1. The van der Waals surface area contributed by atoms with Crippen molar-refractivity contribution in [1.82, 2.24) is 24.4 Å². The fourth-order valence-corrected chi connectivity index (χ4v) is 5.16. The SMILES string of the molecule is O=C(Cn1ccc2ccncc21)N1CCN(c2ccc(F)cc2-c2cnc(N3CCCC3)nc2)CC1. The van der Waals surface area contributed by atoms with Crippen LogP contribution in [-0.4, -0.2) is 69.6 Å². The van der Waals surface area contributed by atoms with Gasteiger partial charge in [0.1, 0.15) is 12.4 Å². The number of amides is 1. The molecule has 2 saturated heterocycles. The second-order valence-electron chi connectivity index (χ2n) is 9.37. The van der Waals surface area contributed by atoms with Gasteiger partial charge in [0.2, 0.25) is 11.9 Å². The normalized spacial score (nSPS) is 16.2. The van der Waals surface area contributed by atoms with Crippen molar-refractivity contribution in [3.05, 3.63) is 67.1 Å². The number of fused-ring (bicyclic) bond motifs is 1. The number of carbonyl (C=O) groups excluding carboxylic acids is 1. The fraction of sp³-hybridized carbons (Fsp3) is 0.333. The van der Waals surface area contributed by atoms with Gasteiger partial charge in [-0.2, -0.15) is 0 Å². The summed E-state index contributed by atoms with van der Waals surface area (Å²) < 4.78 is 16.2. The van der Waals surface area contributed by atoms with Crippen molar-refractivity contribution in [3.8, 4) is 11.1 Å². The molecule has 0 saturated carbocycles. The molecule has 6 rings (SSSR count). The lowest BCUT2D eigenvalue weighted by molar-refractivity contribution is -0.132. The summed E-state index contributed by atoms with van der Waals surface area (Å²) in [6, 6.07) is 8.79. The Hall–Kier alpha value is -4.01. The molecule has 184 valence electrons. The van der Waals surface area contributed by atoms with Crippen LogP contribution in [0.15, 0.2) is 61.3 Å². The monoisotopic (exact) mass is 485 g/mol. The number of halogens is 1. The third kappa shape index (κ3) is 4.36. The van der Waals surface area contributed by atoms with Crippen LogP contribution in [0.25, 0.3) is 22.0 Å². The fourth-order valence-electron chi connectivity index (χ4n) is 5.16. The lowest BCUT2D eigenvalue weighted by atomic mass is 10.0. The van der Waals surface area contributed by atoms with E-state index in [0.717, 1.165) is 59.6 Å². The molecule has 0 atom stereocenters. The van der Waals surface area contributed by atoms with Gasteiger partial charge in [-0.3, -0.25) is 9.78 Å². The van der Waals surface area contributed by atoms with Gasteiger partial charge in [-0.05, 0) is 43.2 Å². The zero-order chi connectivity index (χ0) is 24.5. The Morgan fingerprint density at radius 3 is 2.44 bits per heavy atom. The third-order valence-electron chi connectivity index (χ3n) is 7.15. The van der Waals surface area contributed by atoms with E-state index < -0.39 is 0 Å². The van der Waals surface area contributed by atoms with Crippen LogP contribution in [0.3, 0.4) is 0 Å². The molecule has 1 aromatic carbocycles. The van der Waals surface area contributed by atoms with Gasteiger partial charge in [-0.25, -0.2) is 14.4 Å². The molecule has 0 radical (unpaired) electrons. The van der Waals surface area contributed by atoms with Crippen LogP contribution in [0.5, 0.6) is 0 Å². The Balaban J connectivity index is 1.15. The van der Waals surface area contributed by atoms with Gasteiger partial charge >= 0.3 is 0 Å². The third-order valence-corrected chi connectivity index (χ3v) is 7.15. The van der Waals surface area contributed by atoms with Gasteiger partial charge < -0.3 is 19.3 Å². The molecule has 2 aliphatic heterocycles. The van der Waals surface area contributed by atoms with E-state index >= 15 is 0 Å². The summed E-state index contributed by atoms with van der Waals surface area (Å²) in [5.74, 6) is 0.522. The molecule has 2 fully saturated rings. The first-order valence-electron chi connectivity index (χ1n) is 12.4. The maximum atomic E-state index is 14.3. The number of rotatable bonds is 5. The second-order valence-corrected chi connectivity index (χ2v) is 9.37. The van der Waals surface area contributed by atoms with Crippen LogP contribution in [0.2, 0.25) is 0 Å². The quantitative estimate of drug-likeness (QED) is 0.430. The Kier molecular flexibility index (Phi) is 5.96. The molecule has 4 aromatic rings. The molecule has 0 bridgehead atoms. The van der Waals surface area contributed by atoms with Gasteiger partial charge in [0.15, 0.2) is 0 Å². The van der Waals surface area contributed by atoms with E-state index in [0.29, 0.717) is 26.2 Å². The van der Waals surface area contributed by atoms with Gasteiger partial charge in [0.05, 0.1) is 11.7 Å². The van der Waals surface area contributed by atoms with Gasteiger partial charge in [-0.15, -0.1) is 0 Å². The average Bonchev–Trinajstić information content (AvgIpc) is 3.60. The van der Waals surface area contributed by atoms with Crippen molar-refractivity contribution in [1.29, 1.82) is 0 Å². The maximum Gasteiger partial charge on any atom is 0.242 e. The molecule has 2 aliphatic rings. The van der Waals surface area contributed by atoms with E-state index in [4.69, 9.17) is 0 Å². The van der Waals surface area contributed by atoms with Crippen molar-refractivity contribution < 1.29 is 9.18 Å². The minimum atomic E-state index is -0.292. The zero-order valence-electron chi connectivity index (χ0n) is 20.1. The van der Waals surface area contributed by atoms with Crippen LogP contribution in [0, 0.1) is 5.82 Å². The number of benzene rings is 1. The second kappa shape index (κ2) is 9.56. The summed E-state index contributed by atoms with van der Waals surface area (Å²) in [7, 11) is 0. The first kappa shape index (κ1) is 22.5. The first-order valence-corrected chi connectivity index (χ1v) is 12.4. The zero-order valence-corrected chi connectivity index (χ0v) is 20.1. The lowest BCUT2D eigenvalue weighted by Crippen LogP contribution is -2.49. The topological polar surface area (TPSA) is 70.4 Å². The average molecular weight is 486 g/mol. The Morgan fingerprint density at radius 1 is 0.889 bits per heavy atom. The van der Waals surface area contributed by atoms with Gasteiger partial charge in [0.25, 0.3) is 0 Å². The number of piperazine rings is 1. The molecule has 1 amide bonds. The van der Waals surface area contributed by atoms with E-state index in [-0.39, 0.29) is 18.3 Å². The van der Waals surface area contributed by atoms with Crippen LogP contribution in [0.4, 0.5) is 16.0 Å². The highest BCUT2D eigenvalue weighted by Crippen LogP contribution is 2.32. The highest BCUT2D eigenvalue weighted by molar-refractivity contribution is 5.83. The highest BCUT2D eigenvalue weighted by atomic mass is 19.1. The minimum absolute atomic E-state index is 0.0845. The predicted octanol–water partition coefficient (Wildman–Crippen LogP) is 3.58. The smallest absolute Gasteiger partial charge is 0.242 e. The number of anilines is 2. The first-order chi connectivity index (χ1) is 17.7. The summed E-state index contributed by atoms with van der Waals surface area (Å²) in [6.45, 7) is 4.80. The van der Waals surface area contributed by atoms with E-state index in [1.807, 2.05) is 33.9 Å². The molecule has 36 heavy (non-hydrogen) atoms. The van der Waals surface area contributed by atoms with Crippen molar-refractivity contribution in [3.63, 3.8) is 0 Å². The molecule has 3 aromatic heterocycles. The van der Waals surface area contributed by atoms with Crippen molar-refractivity contribution in [2.45, 2.75) is 19.4 Å². The number of aromatic nitrogens is 4. The Bertz CT molecular complexity index is 1370. The molecular formula is C27H28FN7O. The van der Waals surface area contributed by atoms with E-state index in [1.54, 1.807) is 30.9 Å². The highest BCUT2D eigenvalue weighted by Gasteiger charge is 2.24. The van der Waals surface area contributed by atoms with Gasteiger partial charge in [0, 0.05) is 86.3 Å². The maximum absolute atomic E-state index is 14.3. The summed E-state index contributed by atoms with van der Waals surface area (Å²) in [4.78, 5) is 32.6. The standard InChI is InChI=1S/C27H28FN7O/c28-22-3-4-24(23(15-22)21-16-30-27(31-17-21)34-8-1-2-9-34)32-11-13-33(14-12-32)26(36)19-35-10-6-20-5-7-29-18-25(20)35/h3-7,10,15-18H,1-2,8-9,11-14,19H2. The van der Waals surface area contributed by atoms with Crippen LogP contribution >= 0.6 is 0 Å². The van der Waals surface area contributed by atoms with E-state index in [1.165, 1.54) is 6.07 Å². The summed E-state index contributed by atoms with van der Waals surface area (Å²) in [5, 5.41) is 1.07. The number of hydrogen-bond donors (Lipinski definition) is 0. The summed E-state index contributed by atoms with van der Waals surface area (Å²) in [5.41, 5.74) is 3.45. The van der Waals surface area contributed by atoms with Crippen molar-refractivity contribution in [2.75, 3.05) is 49.1 Å². The van der Waals surface area contributed by atoms with Crippen molar-refractivity contribution in [2.24, 2.45) is 0 Å². The molecule has 0 unspecified atom stereocenters. The largest absolute Gasteiger partial charge is 0.367 e. The number of nitrogens with zero attached hydrogens (tertiary/aromatic N) is 7. The minimum Gasteiger partial charge on any atom is -0.367 e. The Labute approximate surface area is 209 Å². The predicted molar refractivity (Wildman–Crippen MR) is 137 cm³/mol. The molecular weight excluding hydrogens is 457 g/mol. The lowest BCUT2D eigenvalue weighted by Gasteiger charge is -2.37. The number of pyridine rings is 1. The number of hydrogen-bond acceptors (Lipinski definition) is 6. The molecule has 0 spiro atoms. The molecule has 5 heterocycles.